The van der Waals surface area contributed by atoms with Crippen molar-refractivity contribution in [3.8, 4) is 0 Å². The molecule has 2 rings (SSSR count). The number of amides is 1. The summed E-state index contributed by atoms with van der Waals surface area (Å²) in [5, 5.41) is 10.9. The molecule has 0 fully saturated rings. The molecule has 0 saturated carbocycles. The van der Waals surface area contributed by atoms with Crippen LogP contribution in [0.4, 0.5) is 10.1 Å². The first kappa shape index (κ1) is 14.0. The van der Waals surface area contributed by atoms with Gasteiger partial charge in [-0.3, -0.25) is 4.79 Å². The van der Waals surface area contributed by atoms with Crippen LogP contribution in [0.1, 0.15) is 11.9 Å². The molecule has 1 aromatic carbocycles. The number of hydrogen-bond donors (Lipinski definition) is 1. The maximum atomic E-state index is 13.4. The van der Waals surface area contributed by atoms with Crippen LogP contribution in [-0.4, -0.2) is 21.4 Å². The fraction of sp³-hybridized carbons (Fsp3) is 0.250. The molecule has 2 aromatic rings. The lowest BCUT2D eigenvalue weighted by Gasteiger charge is -2.10. The lowest BCUT2D eigenvalue weighted by atomic mass is 10.3. The van der Waals surface area contributed by atoms with E-state index in [0.717, 1.165) is 9.35 Å². The minimum Gasteiger partial charge on any atom is -0.323 e. The number of halogens is 1. The van der Waals surface area contributed by atoms with Gasteiger partial charge in [-0.15, -0.1) is 10.2 Å². The predicted octanol–water partition coefficient (Wildman–Crippen LogP) is 3.10. The number of carbonyl (C=O) groups is 1. The third-order valence-electron chi connectivity index (χ3n) is 2.29. The van der Waals surface area contributed by atoms with Gasteiger partial charge >= 0.3 is 0 Å². The Kier molecular flexibility index (Phi) is 4.49. The van der Waals surface area contributed by atoms with Gasteiger partial charge in [0.05, 0.1) is 10.9 Å². The zero-order valence-corrected chi connectivity index (χ0v) is 12.0. The Morgan fingerprint density at radius 3 is 2.79 bits per heavy atom. The van der Waals surface area contributed by atoms with Gasteiger partial charge in [-0.2, -0.15) is 0 Å². The molecule has 0 bridgehead atoms. The van der Waals surface area contributed by atoms with Crippen molar-refractivity contribution in [1.29, 1.82) is 0 Å². The number of anilines is 1. The van der Waals surface area contributed by atoms with E-state index in [0.29, 0.717) is 0 Å². The van der Waals surface area contributed by atoms with Crippen molar-refractivity contribution in [2.45, 2.75) is 23.4 Å². The van der Waals surface area contributed by atoms with Crippen molar-refractivity contribution in [1.82, 2.24) is 10.2 Å². The summed E-state index contributed by atoms with van der Waals surface area (Å²) in [5.41, 5.74) is 0.188. The number of para-hydroxylation sites is 1. The highest BCUT2D eigenvalue weighted by Gasteiger charge is 2.17. The second-order valence-electron chi connectivity index (χ2n) is 3.82. The van der Waals surface area contributed by atoms with E-state index in [9.17, 15) is 9.18 Å². The summed E-state index contributed by atoms with van der Waals surface area (Å²) >= 11 is 2.74. The Balaban J connectivity index is 1.98. The van der Waals surface area contributed by atoms with E-state index >= 15 is 0 Å². The van der Waals surface area contributed by atoms with Crippen LogP contribution in [0.2, 0.25) is 0 Å². The quantitative estimate of drug-likeness (QED) is 0.881. The van der Waals surface area contributed by atoms with Crippen LogP contribution < -0.4 is 5.32 Å². The smallest absolute Gasteiger partial charge is 0.237 e. The average Bonchev–Trinajstić information content (AvgIpc) is 2.77. The minimum absolute atomic E-state index is 0.188. The molecule has 4 nitrogen and oxygen atoms in total. The Bertz CT molecular complexity index is 588. The molecule has 7 heteroatoms. The van der Waals surface area contributed by atoms with Crippen molar-refractivity contribution in [2.24, 2.45) is 0 Å². The number of nitrogens with one attached hydrogen (secondary N) is 1. The van der Waals surface area contributed by atoms with Gasteiger partial charge in [-0.1, -0.05) is 35.2 Å². The van der Waals surface area contributed by atoms with Gasteiger partial charge in [0.15, 0.2) is 4.34 Å². The normalized spacial score (nSPS) is 12.2. The van der Waals surface area contributed by atoms with Crippen molar-refractivity contribution in [2.75, 3.05) is 5.32 Å². The molecule has 1 atom stereocenters. The van der Waals surface area contributed by atoms with Crippen molar-refractivity contribution in [3.05, 3.63) is 35.1 Å². The molecule has 0 spiro atoms. The highest BCUT2D eigenvalue weighted by atomic mass is 32.2. The van der Waals surface area contributed by atoms with Crippen LogP contribution in [-0.2, 0) is 4.79 Å². The van der Waals surface area contributed by atoms with Gasteiger partial charge in [-0.05, 0) is 26.0 Å². The first-order chi connectivity index (χ1) is 9.06. The van der Waals surface area contributed by atoms with E-state index in [1.807, 2.05) is 6.92 Å². The molecule has 1 aromatic heterocycles. The monoisotopic (exact) mass is 297 g/mol. The largest absolute Gasteiger partial charge is 0.323 e. The Labute approximate surface area is 118 Å². The first-order valence-corrected chi connectivity index (χ1v) is 7.28. The maximum Gasteiger partial charge on any atom is 0.237 e. The highest BCUT2D eigenvalue weighted by molar-refractivity contribution is 8.02. The molecular formula is C12H12FN3OS2. The molecule has 1 N–H and O–H groups in total. The number of aromatic nitrogens is 2. The van der Waals surface area contributed by atoms with Crippen LogP contribution >= 0.6 is 23.1 Å². The van der Waals surface area contributed by atoms with Gasteiger partial charge in [0.1, 0.15) is 10.8 Å². The Hall–Kier alpha value is -1.47. The third kappa shape index (κ3) is 3.74. The Morgan fingerprint density at radius 2 is 2.16 bits per heavy atom. The lowest BCUT2D eigenvalue weighted by Crippen LogP contribution is -2.22. The standard InChI is InChI=1S/C12H12FN3OS2/c1-7(18-12-16-15-8(2)19-12)11(17)14-10-6-4-3-5-9(10)13/h3-7H,1-2H3,(H,14,17). The number of thioether (sulfide) groups is 1. The second-order valence-corrected chi connectivity index (χ2v) is 6.59. The predicted molar refractivity (Wildman–Crippen MR) is 75.0 cm³/mol. The van der Waals surface area contributed by atoms with Crippen LogP contribution in [0.5, 0.6) is 0 Å². The number of benzene rings is 1. The van der Waals surface area contributed by atoms with Crippen molar-refractivity contribution < 1.29 is 9.18 Å². The second kappa shape index (κ2) is 6.12. The van der Waals surface area contributed by atoms with Crippen LogP contribution in [0.25, 0.3) is 0 Å². The fourth-order valence-corrected chi connectivity index (χ4v) is 3.29. The molecule has 19 heavy (non-hydrogen) atoms. The third-order valence-corrected chi connectivity index (χ3v) is 4.31. The first-order valence-electron chi connectivity index (χ1n) is 5.58. The number of nitrogens with zero attached hydrogens (tertiary/aromatic N) is 2. The molecule has 0 aliphatic rings. The number of carbonyl (C=O) groups excluding carboxylic acids is 1. The molecule has 0 aliphatic carbocycles. The van der Waals surface area contributed by atoms with E-state index < -0.39 is 5.82 Å². The molecule has 0 aliphatic heterocycles. The van der Waals surface area contributed by atoms with E-state index in [1.54, 1.807) is 19.1 Å². The summed E-state index contributed by atoms with van der Waals surface area (Å²) in [6, 6.07) is 6.08. The molecule has 0 radical (unpaired) electrons. The highest BCUT2D eigenvalue weighted by Crippen LogP contribution is 2.27. The number of rotatable bonds is 4. The molecule has 1 heterocycles. The fourth-order valence-electron chi connectivity index (χ4n) is 1.33. The zero-order chi connectivity index (χ0) is 13.8. The average molecular weight is 297 g/mol. The van der Waals surface area contributed by atoms with Crippen molar-refractivity contribution in [3.63, 3.8) is 0 Å². The SMILES string of the molecule is Cc1nnc(SC(C)C(=O)Nc2ccccc2F)s1. The molecule has 100 valence electrons. The molecule has 0 saturated heterocycles. The van der Waals surface area contributed by atoms with Gasteiger partial charge < -0.3 is 5.32 Å². The Morgan fingerprint density at radius 1 is 1.42 bits per heavy atom. The van der Waals surface area contributed by atoms with E-state index in [2.05, 4.69) is 15.5 Å². The topological polar surface area (TPSA) is 54.9 Å². The lowest BCUT2D eigenvalue weighted by molar-refractivity contribution is -0.115. The van der Waals surface area contributed by atoms with Crippen LogP contribution in [0, 0.1) is 12.7 Å². The summed E-state index contributed by atoms with van der Waals surface area (Å²) < 4.78 is 14.1. The van der Waals surface area contributed by atoms with Gasteiger partial charge in [-0.25, -0.2) is 4.39 Å². The summed E-state index contributed by atoms with van der Waals surface area (Å²) in [4.78, 5) is 11.9. The van der Waals surface area contributed by atoms with E-state index in [1.165, 1.54) is 35.2 Å². The summed E-state index contributed by atoms with van der Waals surface area (Å²) in [6.45, 7) is 3.60. The minimum atomic E-state index is -0.445. The van der Waals surface area contributed by atoms with Crippen molar-refractivity contribution >= 4 is 34.7 Å². The van der Waals surface area contributed by atoms with Gasteiger partial charge in [0.2, 0.25) is 5.91 Å². The van der Waals surface area contributed by atoms with Crippen LogP contribution in [0.3, 0.4) is 0 Å². The number of hydrogen-bond acceptors (Lipinski definition) is 5. The van der Waals surface area contributed by atoms with Gasteiger partial charge in [0.25, 0.3) is 0 Å². The molecule has 1 unspecified atom stereocenters. The summed E-state index contributed by atoms with van der Waals surface area (Å²) in [5.74, 6) is -0.706. The maximum absolute atomic E-state index is 13.4. The molecular weight excluding hydrogens is 285 g/mol. The summed E-state index contributed by atoms with van der Waals surface area (Å²) in [7, 11) is 0. The van der Waals surface area contributed by atoms with Crippen LogP contribution in [0.15, 0.2) is 28.6 Å². The van der Waals surface area contributed by atoms with E-state index in [-0.39, 0.29) is 16.8 Å². The van der Waals surface area contributed by atoms with E-state index in [4.69, 9.17) is 0 Å². The summed E-state index contributed by atoms with van der Waals surface area (Å²) in [6.07, 6.45) is 0. The van der Waals surface area contributed by atoms with Gasteiger partial charge in [0, 0.05) is 0 Å². The number of aryl methyl sites for hydroxylation is 1. The molecule has 1 amide bonds. The zero-order valence-electron chi connectivity index (χ0n) is 10.4.